The van der Waals surface area contributed by atoms with E-state index in [1.807, 2.05) is 18.2 Å². The second-order valence-corrected chi connectivity index (χ2v) is 4.56. The molecule has 1 aliphatic rings. The van der Waals surface area contributed by atoms with Gasteiger partial charge in [-0.3, -0.25) is 9.59 Å². The topological polar surface area (TPSA) is 58.2 Å². The average molecular weight is 246 g/mol. The van der Waals surface area contributed by atoms with E-state index in [1.165, 1.54) is 0 Å². The van der Waals surface area contributed by atoms with Crippen molar-refractivity contribution < 1.29 is 9.59 Å². The summed E-state index contributed by atoms with van der Waals surface area (Å²) in [6.45, 7) is 1.17. The summed E-state index contributed by atoms with van der Waals surface area (Å²) >= 11 is 0. The Kier molecular flexibility index (Phi) is 4.34. The summed E-state index contributed by atoms with van der Waals surface area (Å²) in [7, 11) is 0. The molecule has 2 N–H and O–H groups in total. The maximum atomic E-state index is 11.8. The third-order valence-corrected chi connectivity index (χ3v) is 3.19. The van der Waals surface area contributed by atoms with E-state index in [1.54, 1.807) is 12.1 Å². The first kappa shape index (κ1) is 12.6. The number of carbonyl (C=O) groups is 2. The van der Waals surface area contributed by atoms with Crippen LogP contribution in [0.1, 0.15) is 29.6 Å². The Labute approximate surface area is 107 Å². The van der Waals surface area contributed by atoms with E-state index in [9.17, 15) is 9.59 Å². The number of nitrogens with one attached hydrogen (secondary N) is 2. The third kappa shape index (κ3) is 3.32. The second kappa shape index (κ2) is 6.19. The summed E-state index contributed by atoms with van der Waals surface area (Å²) in [5.41, 5.74) is 0.631. The fraction of sp³-hybridized carbons (Fsp3) is 0.429. The van der Waals surface area contributed by atoms with Crippen molar-refractivity contribution >= 4 is 11.8 Å². The van der Waals surface area contributed by atoms with Gasteiger partial charge in [0.05, 0.1) is 5.92 Å². The maximum absolute atomic E-state index is 11.8. The highest BCUT2D eigenvalue weighted by Gasteiger charge is 2.21. The zero-order valence-corrected chi connectivity index (χ0v) is 10.3. The molecule has 1 aromatic rings. The molecular formula is C14H18N2O2. The molecule has 1 heterocycles. The van der Waals surface area contributed by atoms with Crippen LogP contribution in [0.3, 0.4) is 0 Å². The van der Waals surface area contributed by atoms with E-state index >= 15 is 0 Å². The third-order valence-electron chi connectivity index (χ3n) is 3.19. The Morgan fingerprint density at radius 2 is 2.06 bits per heavy atom. The highest BCUT2D eigenvalue weighted by Crippen LogP contribution is 2.11. The van der Waals surface area contributed by atoms with Crippen LogP contribution in [-0.4, -0.2) is 24.9 Å². The molecule has 1 atom stereocenters. The van der Waals surface area contributed by atoms with Crippen molar-refractivity contribution in [3.05, 3.63) is 35.9 Å². The van der Waals surface area contributed by atoms with E-state index in [4.69, 9.17) is 0 Å². The first-order chi connectivity index (χ1) is 8.77. The van der Waals surface area contributed by atoms with E-state index in [0.717, 1.165) is 25.8 Å². The Morgan fingerprint density at radius 1 is 1.28 bits per heavy atom. The summed E-state index contributed by atoms with van der Waals surface area (Å²) < 4.78 is 0. The van der Waals surface area contributed by atoms with Crippen molar-refractivity contribution in [3.8, 4) is 0 Å². The molecule has 1 aromatic carbocycles. The monoisotopic (exact) mass is 246 g/mol. The Bertz CT molecular complexity index is 417. The van der Waals surface area contributed by atoms with Crippen molar-refractivity contribution in [1.82, 2.24) is 10.6 Å². The molecule has 0 spiro atoms. The molecular weight excluding hydrogens is 228 g/mol. The van der Waals surface area contributed by atoms with Crippen LogP contribution in [0, 0.1) is 5.92 Å². The van der Waals surface area contributed by atoms with E-state index < -0.39 is 0 Å². The minimum absolute atomic E-state index is 0.0564. The Hall–Kier alpha value is -1.84. The summed E-state index contributed by atoms with van der Waals surface area (Å²) in [6, 6.07) is 9.06. The lowest BCUT2D eigenvalue weighted by Gasteiger charge is -2.13. The summed E-state index contributed by atoms with van der Waals surface area (Å²) in [4.78, 5) is 23.5. The average Bonchev–Trinajstić information content (AvgIpc) is 2.62. The molecule has 4 nitrogen and oxygen atoms in total. The van der Waals surface area contributed by atoms with Crippen molar-refractivity contribution in [1.29, 1.82) is 0 Å². The highest BCUT2D eigenvalue weighted by molar-refractivity contribution is 5.94. The molecule has 18 heavy (non-hydrogen) atoms. The van der Waals surface area contributed by atoms with Crippen LogP contribution >= 0.6 is 0 Å². The molecule has 0 saturated carbocycles. The molecule has 0 aromatic heterocycles. The lowest BCUT2D eigenvalue weighted by Crippen LogP contribution is -2.37. The molecule has 4 heteroatoms. The van der Waals surface area contributed by atoms with Gasteiger partial charge in [0, 0.05) is 18.7 Å². The predicted molar refractivity (Wildman–Crippen MR) is 69.1 cm³/mol. The largest absolute Gasteiger partial charge is 0.356 e. The zero-order chi connectivity index (χ0) is 12.8. The van der Waals surface area contributed by atoms with Gasteiger partial charge in [-0.15, -0.1) is 0 Å². The molecule has 0 aliphatic carbocycles. The number of rotatable bonds is 3. The van der Waals surface area contributed by atoms with Crippen molar-refractivity contribution in [2.45, 2.75) is 19.3 Å². The van der Waals surface area contributed by atoms with Gasteiger partial charge < -0.3 is 10.6 Å². The zero-order valence-electron chi connectivity index (χ0n) is 10.3. The molecule has 1 fully saturated rings. The van der Waals surface area contributed by atoms with Crippen LogP contribution in [0.15, 0.2) is 30.3 Å². The molecule has 0 radical (unpaired) electrons. The van der Waals surface area contributed by atoms with Crippen LogP contribution in [0.25, 0.3) is 0 Å². The van der Waals surface area contributed by atoms with Crippen LogP contribution in [0.5, 0.6) is 0 Å². The number of hydrogen-bond donors (Lipinski definition) is 2. The Balaban J connectivity index is 1.87. The smallest absolute Gasteiger partial charge is 0.251 e. The van der Waals surface area contributed by atoms with Gasteiger partial charge in [0.15, 0.2) is 0 Å². The van der Waals surface area contributed by atoms with Gasteiger partial charge >= 0.3 is 0 Å². The minimum Gasteiger partial charge on any atom is -0.356 e. The number of benzene rings is 1. The molecule has 1 saturated heterocycles. The standard InChI is InChI=1S/C14H18N2O2/c17-13(11-6-2-1-3-7-11)16-10-12-8-4-5-9-15-14(12)18/h1-3,6-7,12H,4-5,8-10H2,(H,15,18)(H,16,17). The minimum atomic E-state index is -0.118. The molecule has 96 valence electrons. The number of amides is 2. The van der Waals surface area contributed by atoms with Gasteiger partial charge in [-0.05, 0) is 25.0 Å². The quantitative estimate of drug-likeness (QED) is 0.845. The molecule has 2 amide bonds. The molecule has 1 aliphatic heterocycles. The number of hydrogen-bond acceptors (Lipinski definition) is 2. The van der Waals surface area contributed by atoms with Crippen LogP contribution < -0.4 is 10.6 Å². The van der Waals surface area contributed by atoms with Gasteiger partial charge in [0.25, 0.3) is 5.91 Å². The van der Waals surface area contributed by atoms with Gasteiger partial charge in [0.1, 0.15) is 0 Å². The summed E-state index contributed by atoms with van der Waals surface area (Å²) in [5.74, 6) is -0.159. The lowest BCUT2D eigenvalue weighted by molar-refractivity contribution is -0.124. The molecule has 0 bridgehead atoms. The van der Waals surface area contributed by atoms with Gasteiger partial charge in [0.2, 0.25) is 5.91 Å². The highest BCUT2D eigenvalue weighted by atomic mass is 16.2. The SMILES string of the molecule is O=C(NCC1CCCCNC1=O)c1ccccc1. The van der Waals surface area contributed by atoms with Crippen molar-refractivity contribution in [3.63, 3.8) is 0 Å². The van der Waals surface area contributed by atoms with Crippen molar-refractivity contribution in [2.24, 2.45) is 5.92 Å². The predicted octanol–water partition coefficient (Wildman–Crippen LogP) is 1.33. The Morgan fingerprint density at radius 3 is 2.83 bits per heavy atom. The van der Waals surface area contributed by atoms with Crippen molar-refractivity contribution in [2.75, 3.05) is 13.1 Å². The van der Waals surface area contributed by atoms with Crippen LogP contribution in [0.2, 0.25) is 0 Å². The second-order valence-electron chi connectivity index (χ2n) is 4.56. The van der Waals surface area contributed by atoms with Gasteiger partial charge in [-0.2, -0.15) is 0 Å². The van der Waals surface area contributed by atoms with E-state index in [-0.39, 0.29) is 17.7 Å². The number of carbonyl (C=O) groups excluding carboxylic acids is 2. The van der Waals surface area contributed by atoms with Crippen LogP contribution in [-0.2, 0) is 4.79 Å². The summed E-state index contributed by atoms with van der Waals surface area (Å²) in [6.07, 6.45) is 2.90. The fourth-order valence-electron chi connectivity index (χ4n) is 2.11. The maximum Gasteiger partial charge on any atom is 0.251 e. The normalized spacial score (nSPS) is 19.8. The fourth-order valence-corrected chi connectivity index (χ4v) is 2.11. The van der Waals surface area contributed by atoms with Gasteiger partial charge in [-0.1, -0.05) is 24.6 Å². The van der Waals surface area contributed by atoms with Gasteiger partial charge in [-0.25, -0.2) is 0 Å². The first-order valence-electron chi connectivity index (χ1n) is 6.38. The lowest BCUT2D eigenvalue weighted by atomic mass is 10.0. The van der Waals surface area contributed by atoms with Crippen LogP contribution in [0.4, 0.5) is 0 Å². The van der Waals surface area contributed by atoms with E-state index in [0.29, 0.717) is 12.1 Å². The molecule has 1 unspecified atom stereocenters. The molecule has 2 rings (SSSR count). The first-order valence-corrected chi connectivity index (χ1v) is 6.38. The van der Waals surface area contributed by atoms with E-state index in [2.05, 4.69) is 10.6 Å². The summed E-state index contributed by atoms with van der Waals surface area (Å²) in [5, 5.41) is 5.69.